The van der Waals surface area contributed by atoms with E-state index in [4.69, 9.17) is 0 Å². The lowest BCUT2D eigenvalue weighted by atomic mass is 9.95. The highest BCUT2D eigenvalue weighted by atomic mass is 16.1. The molecule has 0 bridgehead atoms. The van der Waals surface area contributed by atoms with E-state index in [9.17, 15) is 4.79 Å². The molecule has 4 rings (SSSR count). The van der Waals surface area contributed by atoms with Gasteiger partial charge in [-0.3, -0.25) is 9.69 Å². The fourth-order valence-electron chi connectivity index (χ4n) is 5.35. The van der Waals surface area contributed by atoms with Crippen molar-refractivity contribution >= 4 is 5.91 Å². The van der Waals surface area contributed by atoms with Gasteiger partial charge in [0, 0.05) is 31.6 Å². The molecule has 3 aliphatic rings. The molecule has 136 valence electrons. The van der Waals surface area contributed by atoms with Gasteiger partial charge in [0.15, 0.2) is 0 Å². The molecule has 1 saturated heterocycles. The molecule has 0 spiro atoms. The molecular weight excluding hydrogens is 308 g/mol. The number of carbonyl (C=O) groups is 1. The molecule has 1 aliphatic heterocycles. The van der Waals surface area contributed by atoms with Crippen LogP contribution in [0.5, 0.6) is 0 Å². The second-order valence-corrected chi connectivity index (χ2v) is 8.48. The Balaban J connectivity index is 1.31. The van der Waals surface area contributed by atoms with Crippen molar-refractivity contribution in [3.63, 3.8) is 0 Å². The lowest BCUT2D eigenvalue weighted by Gasteiger charge is -2.24. The maximum absolute atomic E-state index is 12.7. The summed E-state index contributed by atoms with van der Waals surface area (Å²) in [6, 6.07) is 11.2. The number of nitrogens with zero attached hydrogens (tertiary/aromatic N) is 1. The van der Waals surface area contributed by atoms with Gasteiger partial charge in [-0.1, -0.05) is 56.0 Å². The first-order valence-corrected chi connectivity index (χ1v) is 10.4. The summed E-state index contributed by atoms with van der Waals surface area (Å²) in [6.45, 7) is 3.40. The minimum atomic E-state index is 0.281. The van der Waals surface area contributed by atoms with Gasteiger partial charge < -0.3 is 5.32 Å². The van der Waals surface area contributed by atoms with Gasteiger partial charge in [0.2, 0.25) is 5.91 Å². The van der Waals surface area contributed by atoms with E-state index in [-0.39, 0.29) is 5.92 Å². The number of nitrogens with one attached hydrogen (secondary N) is 1. The first-order chi connectivity index (χ1) is 12.3. The Bertz CT molecular complexity index is 565. The van der Waals surface area contributed by atoms with Gasteiger partial charge >= 0.3 is 0 Å². The summed E-state index contributed by atoms with van der Waals surface area (Å²) < 4.78 is 0. The summed E-state index contributed by atoms with van der Waals surface area (Å²) >= 11 is 0. The van der Waals surface area contributed by atoms with Crippen molar-refractivity contribution in [2.75, 3.05) is 13.1 Å². The van der Waals surface area contributed by atoms with E-state index < -0.39 is 0 Å². The van der Waals surface area contributed by atoms with Crippen LogP contribution in [0, 0.1) is 17.8 Å². The molecule has 1 aromatic rings. The van der Waals surface area contributed by atoms with Gasteiger partial charge in [-0.2, -0.15) is 0 Å². The number of likely N-dealkylation sites (tertiary alicyclic amines) is 1. The summed E-state index contributed by atoms with van der Waals surface area (Å²) in [5.41, 5.74) is 1.40. The molecule has 1 aromatic carbocycles. The molecule has 1 amide bonds. The molecule has 3 unspecified atom stereocenters. The lowest BCUT2D eigenvalue weighted by Crippen LogP contribution is -2.42. The Hall–Kier alpha value is -1.35. The molecule has 3 atom stereocenters. The smallest absolute Gasteiger partial charge is 0.223 e. The Labute approximate surface area is 152 Å². The Morgan fingerprint density at radius 3 is 2.48 bits per heavy atom. The minimum absolute atomic E-state index is 0.281. The molecular formula is C22H32N2O. The van der Waals surface area contributed by atoms with Crippen molar-refractivity contribution in [2.45, 2.75) is 64.0 Å². The van der Waals surface area contributed by atoms with Crippen LogP contribution in [0.1, 0.15) is 56.9 Å². The van der Waals surface area contributed by atoms with E-state index in [1.54, 1.807) is 0 Å². The van der Waals surface area contributed by atoms with Gasteiger partial charge in [0.05, 0.1) is 0 Å². The van der Waals surface area contributed by atoms with Crippen molar-refractivity contribution in [1.29, 1.82) is 0 Å². The highest BCUT2D eigenvalue weighted by Crippen LogP contribution is 2.39. The van der Waals surface area contributed by atoms with Crippen molar-refractivity contribution in [1.82, 2.24) is 10.2 Å². The first kappa shape index (κ1) is 17.1. The molecule has 2 saturated carbocycles. The first-order valence-electron chi connectivity index (χ1n) is 10.4. The van der Waals surface area contributed by atoms with Gasteiger partial charge in [0.1, 0.15) is 0 Å². The molecule has 3 nitrogen and oxygen atoms in total. The number of hydrogen-bond acceptors (Lipinski definition) is 2. The molecule has 2 aliphatic carbocycles. The minimum Gasteiger partial charge on any atom is -0.353 e. The van der Waals surface area contributed by atoms with E-state index >= 15 is 0 Å². The fourth-order valence-corrected chi connectivity index (χ4v) is 5.35. The number of rotatable bonds is 4. The van der Waals surface area contributed by atoms with Crippen LogP contribution in [0.15, 0.2) is 30.3 Å². The van der Waals surface area contributed by atoms with E-state index in [1.165, 1.54) is 50.6 Å². The zero-order chi connectivity index (χ0) is 17.1. The monoisotopic (exact) mass is 340 g/mol. The van der Waals surface area contributed by atoms with Crippen molar-refractivity contribution in [3.05, 3.63) is 35.9 Å². The summed E-state index contributed by atoms with van der Waals surface area (Å²) in [4.78, 5) is 15.3. The largest absolute Gasteiger partial charge is 0.353 e. The maximum atomic E-state index is 12.7. The molecule has 1 heterocycles. The van der Waals surface area contributed by atoms with Crippen molar-refractivity contribution in [3.8, 4) is 0 Å². The molecule has 3 heteroatoms. The Morgan fingerprint density at radius 2 is 1.72 bits per heavy atom. The third-order valence-electron chi connectivity index (χ3n) is 6.74. The molecule has 0 radical (unpaired) electrons. The number of benzene rings is 1. The summed E-state index contributed by atoms with van der Waals surface area (Å²) in [6.07, 6.45) is 9.77. The van der Waals surface area contributed by atoms with E-state index in [1.807, 2.05) is 0 Å². The lowest BCUT2D eigenvalue weighted by molar-refractivity contribution is -0.126. The average Bonchev–Trinajstić information content (AvgIpc) is 3.05. The van der Waals surface area contributed by atoms with Crippen LogP contribution in [0.3, 0.4) is 0 Å². The number of fused-ring (bicyclic) bond motifs is 1. The zero-order valence-corrected chi connectivity index (χ0v) is 15.3. The quantitative estimate of drug-likeness (QED) is 0.841. The summed E-state index contributed by atoms with van der Waals surface area (Å²) in [7, 11) is 0. The third kappa shape index (κ3) is 4.08. The Morgan fingerprint density at radius 1 is 0.960 bits per heavy atom. The standard InChI is InChI=1S/C22H32N2O/c25-22(18-10-6-1-2-7-11-18)23-21-13-12-19-15-24(16-20(19)21)14-17-8-4-3-5-9-17/h3-5,8-9,18-21H,1-2,6-7,10-16H2,(H,23,25). The third-order valence-corrected chi connectivity index (χ3v) is 6.74. The van der Waals surface area contributed by atoms with Crippen molar-refractivity contribution in [2.24, 2.45) is 17.8 Å². The van der Waals surface area contributed by atoms with E-state index in [0.717, 1.165) is 31.8 Å². The zero-order valence-electron chi connectivity index (χ0n) is 15.3. The molecule has 3 fully saturated rings. The van der Waals surface area contributed by atoms with E-state index in [2.05, 4.69) is 40.5 Å². The van der Waals surface area contributed by atoms with Gasteiger partial charge in [-0.25, -0.2) is 0 Å². The molecule has 0 aromatic heterocycles. The molecule has 1 N–H and O–H groups in total. The second kappa shape index (κ2) is 7.90. The van der Waals surface area contributed by atoms with Crippen LogP contribution in [-0.4, -0.2) is 29.9 Å². The van der Waals surface area contributed by atoms with Crippen LogP contribution in [0.25, 0.3) is 0 Å². The van der Waals surface area contributed by atoms with Crippen LogP contribution < -0.4 is 5.32 Å². The fraction of sp³-hybridized carbons (Fsp3) is 0.682. The van der Waals surface area contributed by atoms with E-state index in [0.29, 0.717) is 17.9 Å². The van der Waals surface area contributed by atoms with Gasteiger partial charge in [-0.05, 0) is 43.1 Å². The number of hydrogen-bond donors (Lipinski definition) is 1. The maximum Gasteiger partial charge on any atom is 0.223 e. The Kier molecular flexibility index (Phi) is 5.40. The summed E-state index contributed by atoms with van der Waals surface area (Å²) in [5.74, 6) is 2.08. The van der Waals surface area contributed by atoms with Gasteiger partial charge in [-0.15, -0.1) is 0 Å². The predicted octanol–water partition coefficient (Wildman–Crippen LogP) is 3.98. The number of amides is 1. The topological polar surface area (TPSA) is 32.3 Å². The van der Waals surface area contributed by atoms with Crippen LogP contribution in [0.4, 0.5) is 0 Å². The van der Waals surface area contributed by atoms with Gasteiger partial charge in [0.25, 0.3) is 0 Å². The van der Waals surface area contributed by atoms with Crippen LogP contribution in [0.2, 0.25) is 0 Å². The normalized spacial score (nSPS) is 30.8. The summed E-state index contributed by atoms with van der Waals surface area (Å²) in [5, 5.41) is 3.47. The van der Waals surface area contributed by atoms with Crippen LogP contribution in [-0.2, 0) is 11.3 Å². The average molecular weight is 341 g/mol. The number of carbonyl (C=O) groups excluding carboxylic acids is 1. The van der Waals surface area contributed by atoms with Crippen molar-refractivity contribution < 1.29 is 4.79 Å². The highest BCUT2D eigenvalue weighted by Gasteiger charge is 2.43. The van der Waals surface area contributed by atoms with Crippen LogP contribution >= 0.6 is 0 Å². The predicted molar refractivity (Wildman–Crippen MR) is 101 cm³/mol. The SMILES string of the molecule is O=C(NC1CCC2CN(Cc3ccccc3)CC21)C1CCCCCC1. The molecule has 25 heavy (non-hydrogen) atoms. The highest BCUT2D eigenvalue weighted by molar-refractivity contribution is 5.79. The second-order valence-electron chi connectivity index (χ2n) is 8.48.